The number of hydrogen-bond donors (Lipinski definition) is 1. The van der Waals surface area contributed by atoms with E-state index in [0.29, 0.717) is 12.0 Å². The van der Waals surface area contributed by atoms with Crippen LogP contribution in [0.2, 0.25) is 0 Å². The lowest BCUT2D eigenvalue weighted by atomic mass is 9.98. The Kier molecular flexibility index (Phi) is 6.07. The average molecular weight is 406 g/mol. The number of nitrogens with one attached hydrogen (secondary N) is 1. The molecule has 0 bridgehead atoms. The van der Waals surface area contributed by atoms with Crippen LogP contribution in [0.15, 0.2) is 48.5 Å². The standard InChI is InChI=1S/C25H31N3O2/c1-18-12-15-27(16-13-18)22-10-8-20(9-11-22)19(2)26-25(30)21-5-3-6-23(17-21)28-14-4-7-24(28)29/h3,5-6,8-11,17-19H,4,7,12-16H2,1-2H3,(H,26,30). The molecule has 2 amide bonds. The molecule has 2 fully saturated rings. The van der Waals surface area contributed by atoms with Crippen molar-refractivity contribution < 1.29 is 9.59 Å². The van der Waals surface area contributed by atoms with Crippen molar-refractivity contribution in [3.8, 4) is 0 Å². The highest BCUT2D eigenvalue weighted by molar-refractivity contribution is 5.99. The molecule has 1 unspecified atom stereocenters. The number of carbonyl (C=O) groups excluding carboxylic acids is 2. The van der Waals surface area contributed by atoms with Gasteiger partial charge in [-0.25, -0.2) is 0 Å². The Morgan fingerprint density at radius 2 is 1.77 bits per heavy atom. The van der Waals surface area contributed by atoms with E-state index in [1.807, 2.05) is 25.1 Å². The van der Waals surface area contributed by atoms with Crippen LogP contribution >= 0.6 is 0 Å². The first kappa shape index (κ1) is 20.5. The minimum absolute atomic E-state index is 0.0926. The van der Waals surface area contributed by atoms with Gasteiger partial charge in [-0.05, 0) is 68.0 Å². The Hall–Kier alpha value is -2.82. The molecule has 2 aliphatic rings. The van der Waals surface area contributed by atoms with Crippen molar-refractivity contribution in [2.75, 3.05) is 29.4 Å². The predicted octanol–water partition coefficient (Wildman–Crippen LogP) is 4.54. The molecule has 4 rings (SSSR count). The highest BCUT2D eigenvalue weighted by Crippen LogP contribution is 2.25. The van der Waals surface area contributed by atoms with Crippen LogP contribution in [0.25, 0.3) is 0 Å². The fourth-order valence-corrected chi connectivity index (χ4v) is 4.34. The Balaban J connectivity index is 1.39. The molecule has 2 aliphatic heterocycles. The van der Waals surface area contributed by atoms with E-state index in [9.17, 15) is 9.59 Å². The number of rotatable bonds is 5. The maximum atomic E-state index is 12.8. The van der Waals surface area contributed by atoms with Gasteiger partial charge in [0, 0.05) is 43.0 Å². The van der Waals surface area contributed by atoms with Crippen molar-refractivity contribution in [1.29, 1.82) is 0 Å². The quantitative estimate of drug-likeness (QED) is 0.795. The van der Waals surface area contributed by atoms with E-state index in [1.54, 1.807) is 11.0 Å². The number of anilines is 2. The lowest BCUT2D eigenvalue weighted by Gasteiger charge is -2.32. The molecule has 30 heavy (non-hydrogen) atoms. The number of piperidine rings is 1. The third-order valence-corrected chi connectivity index (χ3v) is 6.38. The van der Waals surface area contributed by atoms with Crippen molar-refractivity contribution in [2.45, 2.75) is 45.6 Å². The third kappa shape index (κ3) is 4.50. The minimum atomic E-state index is -0.120. The molecule has 0 aromatic heterocycles. The summed E-state index contributed by atoms with van der Waals surface area (Å²) in [5.74, 6) is 0.826. The topological polar surface area (TPSA) is 52.7 Å². The summed E-state index contributed by atoms with van der Waals surface area (Å²) in [4.78, 5) is 29.0. The zero-order valence-electron chi connectivity index (χ0n) is 17.9. The van der Waals surface area contributed by atoms with E-state index in [2.05, 4.69) is 41.4 Å². The van der Waals surface area contributed by atoms with E-state index in [-0.39, 0.29) is 17.9 Å². The molecule has 0 spiro atoms. The average Bonchev–Trinajstić information content (AvgIpc) is 3.20. The van der Waals surface area contributed by atoms with Crippen molar-refractivity contribution in [3.05, 3.63) is 59.7 Å². The van der Waals surface area contributed by atoms with Gasteiger partial charge in [0.25, 0.3) is 5.91 Å². The molecule has 158 valence electrons. The Morgan fingerprint density at radius 1 is 1.03 bits per heavy atom. The van der Waals surface area contributed by atoms with Gasteiger partial charge in [-0.2, -0.15) is 0 Å². The summed E-state index contributed by atoms with van der Waals surface area (Å²) in [6, 6.07) is 15.8. The van der Waals surface area contributed by atoms with Crippen LogP contribution in [0.5, 0.6) is 0 Å². The Bertz CT molecular complexity index is 901. The molecule has 0 radical (unpaired) electrons. The molecule has 2 aromatic carbocycles. The maximum Gasteiger partial charge on any atom is 0.251 e. The van der Waals surface area contributed by atoms with E-state index >= 15 is 0 Å². The molecule has 5 nitrogen and oxygen atoms in total. The fourth-order valence-electron chi connectivity index (χ4n) is 4.34. The summed E-state index contributed by atoms with van der Waals surface area (Å²) >= 11 is 0. The van der Waals surface area contributed by atoms with Crippen molar-refractivity contribution in [1.82, 2.24) is 5.32 Å². The van der Waals surface area contributed by atoms with Gasteiger partial charge in [-0.1, -0.05) is 25.1 Å². The highest BCUT2D eigenvalue weighted by atomic mass is 16.2. The molecule has 0 aliphatic carbocycles. The largest absolute Gasteiger partial charge is 0.372 e. The van der Waals surface area contributed by atoms with Crippen molar-refractivity contribution in [2.24, 2.45) is 5.92 Å². The SMILES string of the molecule is CC1CCN(c2ccc(C(C)NC(=O)c3cccc(N4CCCC4=O)c3)cc2)CC1. The van der Waals surface area contributed by atoms with Gasteiger partial charge in [0.1, 0.15) is 0 Å². The summed E-state index contributed by atoms with van der Waals surface area (Å²) in [7, 11) is 0. The van der Waals surface area contributed by atoms with Gasteiger partial charge in [0.2, 0.25) is 5.91 Å². The summed E-state index contributed by atoms with van der Waals surface area (Å²) < 4.78 is 0. The maximum absolute atomic E-state index is 12.8. The van der Waals surface area contributed by atoms with E-state index in [4.69, 9.17) is 0 Å². The van der Waals surface area contributed by atoms with Crippen LogP contribution in [0.4, 0.5) is 11.4 Å². The summed E-state index contributed by atoms with van der Waals surface area (Å²) in [6.45, 7) is 7.28. The second kappa shape index (κ2) is 8.90. The van der Waals surface area contributed by atoms with Crippen LogP contribution in [-0.2, 0) is 4.79 Å². The summed E-state index contributed by atoms with van der Waals surface area (Å²) in [5, 5.41) is 3.09. The predicted molar refractivity (Wildman–Crippen MR) is 121 cm³/mol. The number of hydrogen-bond acceptors (Lipinski definition) is 3. The van der Waals surface area contributed by atoms with Gasteiger partial charge >= 0.3 is 0 Å². The molecule has 5 heteroatoms. The second-order valence-corrected chi connectivity index (χ2v) is 8.66. The molecule has 1 atom stereocenters. The second-order valence-electron chi connectivity index (χ2n) is 8.66. The summed E-state index contributed by atoms with van der Waals surface area (Å²) in [5.41, 5.74) is 3.73. The van der Waals surface area contributed by atoms with Crippen LogP contribution in [0.3, 0.4) is 0 Å². The first-order valence-electron chi connectivity index (χ1n) is 11.1. The van der Waals surface area contributed by atoms with Gasteiger partial charge in [-0.3, -0.25) is 9.59 Å². The lowest BCUT2D eigenvalue weighted by molar-refractivity contribution is -0.117. The van der Waals surface area contributed by atoms with Gasteiger partial charge in [0.15, 0.2) is 0 Å². The van der Waals surface area contributed by atoms with Crippen molar-refractivity contribution >= 4 is 23.2 Å². The normalized spacial score (nSPS) is 18.5. The Labute approximate surface area is 179 Å². The van der Waals surface area contributed by atoms with E-state index in [0.717, 1.165) is 43.2 Å². The van der Waals surface area contributed by atoms with Crippen LogP contribution in [0.1, 0.15) is 61.5 Å². The number of amides is 2. The number of carbonyl (C=O) groups is 2. The molecular formula is C25H31N3O2. The van der Waals surface area contributed by atoms with Crippen LogP contribution in [-0.4, -0.2) is 31.4 Å². The van der Waals surface area contributed by atoms with Gasteiger partial charge < -0.3 is 15.1 Å². The highest BCUT2D eigenvalue weighted by Gasteiger charge is 2.22. The van der Waals surface area contributed by atoms with Crippen LogP contribution in [0, 0.1) is 5.92 Å². The molecular weight excluding hydrogens is 374 g/mol. The molecule has 2 aromatic rings. The zero-order valence-corrected chi connectivity index (χ0v) is 17.9. The number of nitrogens with zero attached hydrogens (tertiary/aromatic N) is 2. The first-order chi connectivity index (χ1) is 14.5. The molecule has 2 saturated heterocycles. The summed E-state index contributed by atoms with van der Waals surface area (Å²) in [6.07, 6.45) is 3.95. The number of benzene rings is 2. The van der Waals surface area contributed by atoms with E-state index in [1.165, 1.54) is 18.5 Å². The minimum Gasteiger partial charge on any atom is -0.372 e. The Morgan fingerprint density at radius 3 is 2.43 bits per heavy atom. The zero-order chi connectivity index (χ0) is 21.1. The van der Waals surface area contributed by atoms with Crippen molar-refractivity contribution in [3.63, 3.8) is 0 Å². The lowest BCUT2D eigenvalue weighted by Crippen LogP contribution is -2.32. The van der Waals surface area contributed by atoms with Crippen LogP contribution < -0.4 is 15.1 Å². The molecule has 1 N–H and O–H groups in total. The fraction of sp³-hybridized carbons (Fsp3) is 0.440. The van der Waals surface area contributed by atoms with E-state index < -0.39 is 0 Å². The first-order valence-corrected chi connectivity index (χ1v) is 11.1. The molecule has 0 saturated carbocycles. The monoisotopic (exact) mass is 405 g/mol. The van der Waals surface area contributed by atoms with Gasteiger partial charge in [-0.15, -0.1) is 0 Å². The smallest absolute Gasteiger partial charge is 0.251 e. The third-order valence-electron chi connectivity index (χ3n) is 6.38. The van der Waals surface area contributed by atoms with Gasteiger partial charge in [0.05, 0.1) is 6.04 Å². The molecule has 2 heterocycles.